The summed E-state index contributed by atoms with van der Waals surface area (Å²) in [5, 5.41) is 21.9. The van der Waals surface area contributed by atoms with Gasteiger partial charge in [-0.2, -0.15) is 0 Å². The van der Waals surface area contributed by atoms with Crippen molar-refractivity contribution in [2.24, 2.45) is 5.92 Å². The first-order valence-electron chi connectivity index (χ1n) is 5.26. The van der Waals surface area contributed by atoms with Crippen LogP contribution in [0.1, 0.15) is 13.8 Å². The number of carbonyl (C=O) groups is 1. The maximum absolute atomic E-state index is 13.5. The molecule has 0 fully saturated rings. The maximum Gasteiger partial charge on any atom is 0.326 e. The molecule has 2 N–H and O–H groups in total. The lowest BCUT2D eigenvalue weighted by atomic mass is 10.0. The molecular formula is C11H13FN2O4. The first kappa shape index (κ1) is 13.9. The highest BCUT2D eigenvalue weighted by atomic mass is 19.1. The van der Waals surface area contributed by atoms with Gasteiger partial charge >= 0.3 is 5.97 Å². The zero-order chi connectivity index (χ0) is 13.9. The quantitative estimate of drug-likeness (QED) is 0.622. The Bertz CT molecular complexity index is 476. The highest BCUT2D eigenvalue weighted by Gasteiger charge is 2.22. The van der Waals surface area contributed by atoms with E-state index in [0.29, 0.717) is 0 Å². The van der Waals surface area contributed by atoms with Crippen LogP contribution < -0.4 is 5.32 Å². The fourth-order valence-corrected chi connectivity index (χ4v) is 1.42. The molecule has 0 aliphatic carbocycles. The number of carboxylic acids is 1. The average Bonchev–Trinajstić information content (AvgIpc) is 2.25. The third kappa shape index (κ3) is 3.16. The number of hydrogen-bond acceptors (Lipinski definition) is 4. The molecular weight excluding hydrogens is 243 g/mol. The first-order valence-corrected chi connectivity index (χ1v) is 5.26. The summed E-state index contributed by atoms with van der Waals surface area (Å²) >= 11 is 0. The van der Waals surface area contributed by atoms with Gasteiger partial charge in [-0.05, 0) is 12.0 Å². The molecule has 0 aliphatic rings. The van der Waals surface area contributed by atoms with Crippen LogP contribution in [0.3, 0.4) is 0 Å². The summed E-state index contributed by atoms with van der Waals surface area (Å²) in [7, 11) is 0. The number of halogens is 1. The van der Waals surface area contributed by atoms with Gasteiger partial charge in [-0.3, -0.25) is 10.1 Å². The smallest absolute Gasteiger partial charge is 0.326 e. The van der Waals surface area contributed by atoms with Crippen molar-refractivity contribution in [2.75, 3.05) is 5.32 Å². The molecule has 1 aromatic carbocycles. The molecule has 0 saturated carbocycles. The molecule has 7 heteroatoms. The Hall–Kier alpha value is -2.18. The number of hydrogen-bond donors (Lipinski definition) is 2. The van der Waals surface area contributed by atoms with Crippen LogP contribution in [0, 0.1) is 21.8 Å². The van der Waals surface area contributed by atoms with Gasteiger partial charge in [0.15, 0.2) is 5.82 Å². The number of carboxylic acid groups (broad SMARTS) is 1. The molecule has 0 spiro atoms. The number of nitrogens with one attached hydrogen (secondary N) is 1. The van der Waals surface area contributed by atoms with E-state index in [9.17, 15) is 19.3 Å². The molecule has 1 atom stereocenters. The molecule has 0 saturated heterocycles. The van der Waals surface area contributed by atoms with Crippen molar-refractivity contribution in [1.29, 1.82) is 0 Å². The van der Waals surface area contributed by atoms with E-state index in [0.717, 1.165) is 18.2 Å². The summed E-state index contributed by atoms with van der Waals surface area (Å²) in [5.74, 6) is -2.21. The molecule has 0 radical (unpaired) electrons. The second-order valence-corrected chi connectivity index (χ2v) is 4.13. The fourth-order valence-electron chi connectivity index (χ4n) is 1.42. The third-order valence-corrected chi connectivity index (χ3v) is 2.41. The van der Waals surface area contributed by atoms with Crippen LogP contribution in [0.2, 0.25) is 0 Å². The number of nitro benzene ring substituents is 1. The van der Waals surface area contributed by atoms with Crippen molar-refractivity contribution < 1.29 is 19.2 Å². The number of non-ortho nitro benzene ring substituents is 1. The van der Waals surface area contributed by atoms with Crippen LogP contribution in [0.15, 0.2) is 18.2 Å². The highest BCUT2D eigenvalue weighted by molar-refractivity contribution is 5.77. The van der Waals surface area contributed by atoms with Gasteiger partial charge in [0.25, 0.3) is 5.69 Å². The van der Waals surface area contributed by atoms with E-state index >= 15 is 0 Å². The minimum atomic E-state index is -1.11. The normalized spacial score (nSPS) is 12.2. The Kier molecular flexibility index (Phi) is 4.19. The Balaban J connectivity index is 2.97. The molecule has 0 aromatic heterocycles. The van der Waals surface area contributed by atoms with Gasteiger partial charge in [0.2, 0.25) is 0 Å². The average molecular weight is 256 g/mol. The molecule has 0 unspecified atom stereocenters. The highest BCUT2D eigenvalue weighted by Crippen LogP contribution is 2.22. The van der Waals surface area contributed by atoms with Crippen LogP contribution in [-0.2, 0) is 4.79 Å². The topological polar surface area (TPSA) is 92.5 Å². The molecule has 1 rings (SSSR count). The SMILES string of the molecule is CC(C)[C@@H](Nc1ccc([N+](=O)[O-])cc1F)C(=O)O. The van der Waals surface area contributed by atoms with Gasteiger partial charge in [0.05, 0.1) is 16.7 Å². The third-order valence-electron chi connectivity index (χ3n) is 2.41. The van der Waals surface area contributed by atoms with E-state index in [1.165, 1.54) is 0 Å². The zero-order valence-corrected chi connectivity index (χ0v) is 9.88. The maximum atomic E-state index is 13.5. The number of benzene rings is 1. The van der Waals surface area contributed by atoms with E-state index < -0.39 is 22.8 Å². The number of nitrogens with zero attached hydrogens (tertiary/aromatic N) is 1. The second kappa shape index (κ2) is 5.44. The van der Waals surface area contributed by atoms with Crippen LogP contribution in [0.4, 0.5) is 15.8 Å². The van der Waals surface area contributed by atoms with Gasteiger partial charge in [-0.1, -0.05) is 13.8 Å². The van der Waals surface area contributed by atoms with Crippen molar-refractivity contribution in [2.45, 2.75) is 19.9 Å². The molecule has 0 aliphatic heterocycles. The Morgan fingerprint density at radius 3 is 2.50 bits per heavy atom. The number of rotatable bonds is 5. The number of anilines is 1. The van der Waals surface area contributed by atoms with Gasteiger partial charge in [-0.15, -0.1) is 0 Å². The Labute approximate surface area is 103 Å². The van der Waals surface area contributed by atoms with E-state index in [1.807, 2.05) is 0 Å². The van der Waals surface area contributed by atoms with Crippen molar-refractivity contribution >= 4 is 17.3 Å². The summed E-state index contributed by atoms with van der Waals surface area (Å²) in [4.78, 5) is 20.6. The Morgan fingerprint density at radius 2 is 2.11 bits per heavy atom. The molecule has 0 bridgehead atoms. The first-order chi connectivity index (χ1) is 8.32. The molecule has 1 aromatic rings. The van der Waals surface area contributed by atoms with Gasteiger partial charge in [0, 0.05) is 6.07 Å². The largest absolute Gasteiger partial charge is 0.480 e. The Morgan fingerprint density at radius 1 is 1.50 bits per heavy atom. The number of aliphatic carboxylic acids is 1. The van der Waals surface area contributed by atoms with Crippen molar-refractivity contribution in [3.8, 4) is 0 Å². The molecule has 6 nitrogen and oxygen atoms in total. The van der Waals surface area contributed by atoms with Crippen molar-refractivity contribution in [3.05, 3.63) is 34.1 Å². The van der Waals surface area contributed by atoms with E-state index in [4.69, 9.17) is 5.11 Å². The van der Waals surface area contributed by atoms with Crippen molar-refractivity contribution in [3.63, 3.8) is 0 Å². The van der Waals surface area contributed by atoms with E-state index in [1.54, 1.807) is 13.8 Å². The predicted octanol–water partition coefficient (Wildman–Crippen LogP) is 2.25. The standard InChI is InChI=1S/C11H13FN2O4/c1-6(2)10(11(15)16)13-9-4-3-7(14(17)18)5-8(9)12/h3-6,10,13H,1-2H3,(H,15,16)/t10-/m1/s1. The van der Waals surface area contributed by atoms with E-state index in [2.05, 4.69) is 5.32 Å². The summed E-state index contributed by atoms with van der Waals surface area (Å²) in [5.41, 5.74) is -0.448. The molecule has 0 amide bonds. The zero-order valence-electron chi connectivity index (χ0n) is 9.88. The van der Waals surface area contributed by atoms with E-state index in [-0.39, 0.29) is 17.3 Å². The second-order valence-electron chi connectivity index (χ2n) is 4.13. The van der Waals surface area contributed by atoms with Gasteiger partial charge in [0.1, 0.15) is 6.04 Å². The predicted molar refractivity (Wildman–Crippen MR) is 62.9 cm³/mol. The lowest BCUT2D eigenvalue weighted by Crippen LogP contribution is -2.34. The monoisotopic (exact) mass is 256 g/mol. The lowest BCUT2D eigenvalue weighted by Gasteiger charge is -2.19. The molecule has 18 heavy (non-hydrogen) atoms. The van der Waals surface area contributed by atoms with Crippen LogP contribution >= 0.6 is 0 Å². The molecule has 0 heterocycles. The summed E-state index contributed by atoms with van der Waals surface area (Å²) in [6, 6.07) is 2.07. The fraction of sp³-hybridized carbons (Fsp3) is 0.364. The molecule has 98 valence electrons. The summed E-state index contributed by atoms with van der Waals surface area (Å²) in [6.45, 7) is 3.35. The minimum Gasteiger partial charge on any atom is -0.480 e. The van der Waals surface area contributed by atoms with Gasteiger partial charge < -0.3 is 10.4 Å². The summed E-state index contributed by atoms with van der Waals surface area (Å²) < 4.78 is 13.5. The van der Waals surface area contributed by atoms with Crippen molar-refractivity contribution in [1.82, 2.24) is 0 Å². The van der Waals surface area contributed by atoms with Crippen LogP contribution in [-0.4, -0.2) is 22.0 Å². The van der Waals surface area contributed by atoms with Gasteiger partial charge in [-0.25, -0.2) is 9.18 Å². The number of nitro groups is 1. The summed E-state index contributed by atoms with van der Waals surface area (Å²) in [6.07, 6.45) is 0. The van der Waals surface area contributed by atoms with Crippen LogP contribution in [0.25, 0.3) is 0 Å². The van der Waals surface area contributed by atoms with Crippen LogP contribution in [0.5, 0.6) is 0 Å². The lowest BCUT2D eigenvalue weighted by molar-refractivity contribution is -0.385. The minimum absolute atomic E-state index is 0.0679.